The van der Waals surface area contributed by atoms with E-state index in [1.54, 1.807) is 44.9 Å². The maximum absolute atomic E-state index is 13.0. The number of carbonyl (C=O) groups excluding carboxylic acids is 1. The van der Waals surface area contributed by atoms with Crippen molar-refractivity contribution in [2.24, 2.45) is 0 Å². The third kappa shape index (κ3) is 4.18. The van der Waals surface area contributed by atoms with E-state index >= 15 is 0 Å². The van der Waals surface area contributed by atoms with Crippen molar-refractivity contribution < 1.29 is 18.8 Å². The molecule has 29 heavy (non-hydrogen) atoms. The van der Waals surface area contributed by atoms with Gasteiger partial charge in [0.1, 0.15) is 5.60 Å². The summed E-state index contributed by atoms with van der Waals surface area (Å²) in [6.45, 7) is 13.5. The Bertz CT molecular complexity index is 994. The molecule has 1 aliphatic heterocycles. The number of nitrogens with zero attached hydrogens (tertiary/aromatic N) is 2. The van der Waals surface area contributed by atoms with Crippen LogP contribution in [0.1, 0.15) is 48.5 Å². The van der Waals surface area contributed by atoms with Crippen LogP contribution in [0.25, 0.3) is 11.0 Å². The zero-order chi connectivity index (χ0) is 21.6. The fraction of sp³-hybridized carbons (Fsp3) is 0.524. The van der Waals surface area contributed by atoms with Gasteiger partial charge >= 0.3 is 18.9 Å². The monoisotopic (exact) mass is 400 g/mol. The highest BCUT2D eigenvalue weighted by Crippen LogP contribution is 2.36. The zero-order valence-corrected chi connectivity index (χ0v) is 18.2. The Hall–Kier alpha value is -2.32. The van der Waals surface area contributed by atoms with Crippen molar-refractivity contribution in [1.82, 2.24) is 9.13 Å². The predicted molar refractivity (Wildman–Crippen MR) is 113 cm³/mol. The number of para-hydroxylation sites is 2. The molecule has 7 nitrogen and oxygen atoms in total. The highest BCUT2D eigenvalue weighted by atomic mass is 16.7. The van der Waals surface area contributed by atoms with Crippen LogP contribution in [0.4, 0.5) is 4.79 Å². The number of rotatable bonds is 3. The number of hydrogen-bond acceptors (Lipinski definition) is 5. The van der Waals surface area contributed by atoms with Crippen molar-refractivity contribution in [1.29, 1.82) is 0 Å². The molecule has 2 aromatic rings. The van der Waals surface area contributed by atoms with E-state index < -0.39 is 35.7 Å². The van der Waals surface area contributed by atoms with Gasteiger partial charge in [0, 0.05) is 6.54 Å². The predicted octanol–water partition coefficient (Wildman–Crippen LogP) is 3.77. The number of benzene rings is 1. The lowest BCUT2D eigenvalue weighted by Crippen LogP contribution is -2.41. The maximum atomic E-state index is 13.0. The van der Waals surface area contributed by atoms with Gasteiger partial charge in [-0.2, -0.15) is 4.57 Å². The van der Waals surface area contributed by atoms with Crippen LogP contribution in [-0.2, 0) is 20.6 Å². The SMILES string of the molecule is CC(C)(C)OC(=O)n1c(=O)n(C/C=C/B2OC(C)(C)C(C)(C)O2)c2ccccc21. The lowest BCUT2D eigenvalue weighted by atomic mass is 9.90. The smallest absolute Gasteiger partial charge is 0.443 e. The Morgan fingerprint density at radius 2 is 1.66 bits per heavy atom. The number of imidazole rings is 1. The van der Waals surface area contributed by atoms with Crippen LogP contribution in [-0.4, -0.2) is 39.1 Å². The van der Waals surface area contributed by atoms with Gasteiger partial charge in [0.15, 0.2) is 0 Å². The van der Waals surface area contributed by atoms with E-state index in [4.69, 9.17) is 14.0 Å². The molecule has 0 N–H and O–H groups in total. The van der Waals surface area contributed by atoms with Crippen molar-refractivity contribution in [2.45, 2.75) is 71.8 Å². The van der Waals surface area contributed by atoms with E-state index in [0.29, 0.717) is 11.0 Å². The van der Waals surface area contributed by atoms with E-state index in [0.717, 1.165) is 4.57 Å². The second-order valence-corrected chi connectivity index (χ2v) is 9.25. The van der Waals surface area contributed by atoms with Crippen molar-refractivity contribution >= 4 is 24.2 Å². The van der Waals surface area contributed by atoms with Gasteiger partial charge in [0.25, 0.3) is 0 Å². The molecule has 0 bridgehead atoms. The third-order valence-electron chi connectivity index (χ3n) is 5.26. The largest absolute Gasteiger partial charge is 0.486 e. The molecule has 1 aromatic carbocycles. The minimum atomic E-state index is -0.698. The summed E-state index contributed by atoms with van der Waals surface area (Å²) >= 11 is 0. The number of carbonyl (C=O) groups is 1. The number of hydrogen-bond donors (Lipinski definition) is 0. The average molecular weight is 400 g/mol. The van der Waals surface area contributed by atoms with Gasteiger partial charge in [-0.3, -0.25) is 4.57 Å². The number of fused-ring (bicyclic) bond motifs is 1. The minimum Gasteiger partial charge on any atom is -0.443 e. The second kappa shape index (κ2) is 7.18. The number of ether oxygens (including phenoxy) is 1. The first-order chi connectivity index (χ1) is 13.3. The van der Waals surface area contributed by atoms with Gasteiger partial charge in [-0.25, -0.2) is 9.59 Å². The van der Waals surface area contributed by atoms with Crippen LogP contribution in [0.3, 0.4) is 0 Å². The van der Waals surface area contributed by atoms with Crippen LogP contribution >= 0.6 is 0 Å². The van der Waals surface area contributed by atoms with Crippen LogP contribution in [0.5, 0.6) is 0 Å². The molecule has 8 heteroatoms. The molecule has 1 saturated heterocycles. The van der Waals surface area contributed by atoms with Gasteiger partial charge in [-0.15, -0.1) is 0 Å². The fourth-order valence-corrected chi connectivity index (χ4v) is 3.11. The lowest BCUT2D eigenvalue weighted by Gasteiger charge is -2.32. The first kappa shape index (κ1) is 21.4. The van der Waals surface area contributed by atoms with Gasteiger partial charge in [-0.1, -0.05) is 24.2 Å². The normalized spacial score (nSPS) is 18.7. The first-order valence-corrected chi connectivity index (χ1v) is 9.78. The Morgan fingerprint density at radius 3 is 2.21 bits per heavy atom. The van der Waals surface area contributed by atoms with Crippen LogP contribution in [0.2, 0.25) is 0 Å². The molecule has 0 spiro atoms. The van der Waals surface area contributed by atoms with Gasteiger partial charge in [-0.05, 0) is 60.6 Å². The van der Waals surface area contributed by atoms with Crippen LogP contribution < -0.4 is 5.69 Å². The summed E-state index contributed by atoms with van der Waals surface area (Å²) in [4.78, 5) is 25.6. The number of allylic oxidation sites excluding steroid dienone is 1. The second-order valence-electron chi connectivity index (χ2n) is 9.25. The summed E-state index contributed by atoms with van der Waals surface area (Å²) in [7, 11) is -0.491. The van der Waals surface area contributed by atoms with E-state index in [9.17, 15) is 9.59 Å². The molecule has 0 unspecified atom stereocenters. The Kier molecular flexibility index (Phi) is 5.30. The molecule has 1 aliphatic rings. The van der Waals surface area contributed by atoms with Gasteiger partial charge < -0.3 is 14.0 Å². The molecule has 0 aliphatic carbocycles. The van der Waals surface area contributed by atoms with Crippen molar-refractivity contribution in [3.63, 3.8) is 0 Å². The molecule has 156 valence electrons. The minimum absolute atomic E-state index is 0.277. The quantitative estimate of drug-likeness (QED) is 0.734. The molecular formula is C21H29BN2O5. The van der Waals surface area contributed by atoms with E-state index in [2.05, 4.69) is 0 Å². The Labute approximate surface area is 171 Å². The van der Waals surface area contributed by atoms with E-state index in [1.807, 2.05) is 39.8 Å². The molecule has 1 aromatic heterocycles. The highest BCUT2D eigenvalue weighted by Gasteiger charge is 2.49. The Morgan fingerprint density at radius 1 is 1.10 bits per heavy atom. The highest BCUT2D eigenvalue weighted by molar-refractivity contribution is 6.51. The summed E-state index contributed by atoms with van der Waals surface area (Å²) in [6, 6.07) is 7.15. The average Bonchev–Trinajstić information content (AvgIpc) is 2.95. The number of aromatic nitrogens is 2. The molecule has 1 fully saturated rings. The molecule has 0 amide bonds. The standard InChI is InChI=1S/C21H29BN2O5/c1-19(2,3)27-18(26)24-16-12-9-8-11-15(16)23(17(24)25)14-10-13-22-28-20(4,5)21(6,7)29-22/h8-13H,14H2,1-7H3/b13-10+. The van der Waals surface area contributed by atoms with Gasteiger partial charge in [0.2, 0.25) is 0 Å². The summed E-state index contributed by atoms with van der Waals surface area (Å²) in [5.74, 6) is 1.79. The molecular weight excluding hydrogens is 371 g/mol. The summed E-state index contributed by atoms with van der Waals surface area (Å²) < 4.78 is 19.9. The summed E-state index contributed by atoms with van der Waals surface area (Å²) in [5, 5.41) is 0. The topological polar surface area (TPSA) is 71.7 Å². The molecule has 0 atom stereocenters. The van der Waals surface area contributed by atoms with E-state index in [1.165, 1.54) is 4.57 Å². The molecule has 0 saturated carbocycles. The van der Waals surface area contributed by atoms with Crippen molar-refractivity contribution in [2.75, 3.05) is 0 Å². The lowest BCUT2D eigenvalue weighted by molar-refractivity contribution is 0.00578. The zero-order valence-electron chi connectivity index (χ0n) is 18.2. The summed E-state index contributed by atoms with van der Waals surface area (Å²) in [5.41, 5.74) is -0.829. The van der Waals surface area contributed by atoms with Crippen molar-refractivity contribution in [3.05, 3.63) is 46.8 Å². The Balaban J connectivity index is 1.88. The molecule has 3 rings (SSSR count). The molecule has 0 radical (unpaired) electrons. The fourth-order valence-electron chi connectivity index (χ4n) is 3.11. The maximum Gasteiger partial charge on any atom is 0.486 e. The first-order valence-electron chi connectivity index (χ1n) is 9.78. The molecule has 2 heterocycles. The summed E-state index contributed by atoms with van der Waals surface area (Å²) in [6.07, 6.45) is 1.13. The third-order valence-corrected chi connectivity index (χ3v) is 5.26. The van der Waals surface area contributed by atoms with Crippen LogP contribution in [0.15, 0.2) is 41.1 Å². The van der Waals surface area contributed by atoms with Crippen molar-refractivity contribution in [3.8, 4) is 0 Å². The van der Waals surface area contributed by atoms with Crippen LogP contribution in [0, 0.1) is 0 Å². The van der Waals surface area contributed by atoms with Gasteiger partial charge in [0.05, 0.1) is 22.2 Å². The van der Waals surface area contributed by atoms with E-state index in [-0.39, 0.29) is 6.54 Å².